The molecule has 1 aromatic rings. The first kappa shape index (κ1) is 15.6. The van der Waals surface area contributed by atoms with E-state index < -0.39 is 28.9 Å². The van der Waals surface area contributed by atoms with Gasteiger partial charge in [-0.15, -0.1) is 0 Å². The summed E-state index contributed by atoms with van der Waals surface area (Å²) < 4.78 is 55.5. The van der Waals surface area contributed by atoms with Crippen LogP contribution >= 0.6 is 0 Å². The third-order valence-electron chi connectivity index (χ3n) is 2.60. The van der Waals surface area contributed by atoms with Crippen molar-refractivity contribution >= 4 is 5.78 Å². The molecule has 1 aromatic carbocycles. The van der Waals surface area contributed by atoms with Crippen molar-refractivity contribution in [2.45, 2.75) is 25.4 Å². The molecule has 0 spiro atoms. The molecular weight excluding hydrogens is 264 g/mol. The van der Waals surface area contributed by atoms with Crippen LogP contribution in [0.15, 0.2) is 18.2 Å². The van der Waals surface area contributed by atoms with E-state index in [0.717, 1.165) is 0 Å². The Bertz CT molecular complexity index is 441. The Morgan fingerprint density at radius 2 is 1.95 bits per heavy atom. The lowest BCUT2D eigenvalue weighted by Gasteiger charge is -2.09. The number of benzene rings is 1. The van der Waals surface area contributed by atoms with Gasteiger partial charge in [0.25, 0.3) is 0 Å². The Morgan fingerprint density at radius 1 is 1.26 bits per heavy atom. The molecule has 0 unspecified atom stereocenters. The zero-order chi connectivity index (χ0) is 14.5. The average Bonchev–Trinajstić information content (AvgIpc) is 2.33. The van der Waals surface area contributed by atoms with Crippen molar-refractivity contribution in [3.05, 3.63) is 35.1 Å². The Labute approximate surface area is 108 Å². The molecule has 2 nitrogen and oxygen atoms in total. The highest BCUT2D eigenvalue weighted by Gasteiger charge is 2.31. The van der Waals surface area contributed by atoms with Crippen molar-refractivity contribution in [2.75, 3.05) is 13.7 Å². The fourth-order valence-corrected chi connectivity index (χ4v) is 1.58. The first-order valence-electron chi connectivity index (χ1n) is 5.75. The summed E-state index contributed by atoms with van der Waals surface area (Å²) in [5, 5.41) is 0. The number of hydrogen-bond donors (Lipinski definition) is 0. The number of Topliss-reactive ketones (excluding diaryl/α,β-unsaturated/α-hetero) is 1. The SMILES string of the molecule is COCCCCC(=O)c1cc(C(F)(F)F)ccc1F. The molecule has 0 heterocycles. The zero-order valence-electron chi connectivity index (χ0n) is 10.4. The number of rotatable bonds is 6. The number of unbranched alkanes of at least 4 members (excludes halogenated alkanes) is 1. The lowest BCUT2D eigenvalue weighted by Crippen LogP contribution is -2.09. The summed E-state index contributed by atoms with van der Waals surface area (Å²) in [6.45, 7) is 0.457. The van der Waals surface area contributed by atoms with Crippen LogP contribution < -0.4 is 0 Å². The number of methoxy groups -OCH3 is 1. The van der Waals surface area contributed by atoms with E-state index in [-0.39, 0.29) is 6.42 Å². The summed E-state index contributed by atoms with van der Waals surface area (Å²) in [6, 6.07) is 1.86. The molecule has 19 heavy (non-hydrogen) atoms. The molecule has 0 N–H and O–H groups in total. The van der Waals surface area contributed by atoms with Crippen LogP contribution in [0.5, 0.6) is 0 Å². The molecule has 0 aliphatic heterocycles. The summed E-state index contributed by atoms with van der Waals surface area (Å²) in [5.74, 6) is -1.55. The molecule has 1 rings (SSSR count). The number of carbonyl (C=O) groups excluding carboxylic acids is 1. The number of ketones is 1. The summed E-state index contributed by atoms with van der Waals surface area (Å²) in [6.07, 6.45) is -3.54. The van der Waals surface area contributed by atoms with Gasteiger partial charge in [0.15, 0.2) is 5.78 Å². The van der Waals surface area contributed by atoms with Crippen molar-refractivity contribution in [3.63, 3.8) is 0 Å². The quantitative estimate of drug-likeness (QED) is 0.449. The Balaban J connectivity index is 2.78. The Morgan fingerprint density at radius 3 is 2.53 bits per heavy atom. The van der Waals surface area contributed by atoms with Gasteiger partial charge in [-0.1, -0.05) is 0 Å². The van der Waals surface area contributed by atoms with E-state index in [1.165, 1.54) is 7.11 Å². The van der Waals surface area contributed by atoms with Crippen LogP contribution in [0.4, 0.5) is 17.6 Å². The third kappa shape index (κ3) is 4.63. The highest BCUT2D eigenvalue weighted by Crippen LogP contribution is 2.30. The molecule has 0 saturated heterocycles. The van der Waals surface area contributed by atoms with Gasteiger partial charge < -0.3 is 4.74 Å². The second kappa shape index (κ2) is 6.65. The predicted molar refractivity (Wildman–Crippen MR) is 61.5 cm³/mol. The van der Waals surface area contributed by atoms with Crippen LogP contribution in [-0.2, 0) is 10.9 Å². The van der Waals surface area contributed by atoms with E-state index in [4.69, 9.17) is 4.74 Å². The van der Waals surface area contributed by atoms with Gasteiger partial charge in [-0.3, -0.25) is 4.79 Å². The maximum atomic E-state index is 13.4. The smallest absolute Gasteiger partial charge is 0.385 e. The lowest BCUT2D eigenvalue weighted by molar-refractivity contribution is -0.137. The minimum absolute atomic E-state index is 0.00158. The minimum atomic E-state index is -4.58. The van der Waals surface area contributed by atoms with Gasteiger partial charge in [-0.05, 0) is 31.0 Å². The molecule has 0 aliphatic carbocycles. The van der Waals surface area contributed by atoms with Crippen LogP contribution in [0, 0.1) is 5.82 Å². The number of carbonyl (C=O) groups is 1. The lowest BCUT2D eigenvalue weighted by atomic mass is 10.0. The molecule has 0 saturated carbocycles. The van der Waals surface area contributed by atoms with E-state index in [0.29, 0.717) is 37.6 Å². The van der Waals surface area contributed by atoms with Gasteiger partial charge in [-0.25, -0.2) is 4.39 Å². The molecule has 6 heteroatoms. The maximum absolute atomic E-state index is 13.4. The zero-order valence-corrected chi connectivity index (χ0v) is 10.4. The standard InChI is InChI=1S/C13H14F4O2/c1-19-7-3-2-4-12(18)10-8-9(13(15,16)17)5-6-11(10)14/h5-6,8H,2-4,7H2,1H3. The van der Waals surface area contributed by atoms with Gasteiger partial charge in [0, 0.05) is 20.1 Å². The van der Waals surface area contributed by atoms with Crippen LogP contribution in [0.1, 0.15) is 35.2 Å². The monoisotopic (exact) mass is 278 g/mol. The van der Waals surface area contributed by atoms with Crippen molar-refractivity contribution in [1.29, 1.82) is 0 Å². The number of alkyl halides is 3. The van der Waals surface area contributed by atoms with Crippen molar-refractivity contribution in [1.82, 2.24) is 0 Å². The summed E-state index contributed by atoms with van der Waals surface area (Å²) >= 11 is 0. The highest BCUT2D eigenvalue weighted by molar-refractivity contribution is 5.96. The van der Waals surface area contributed by atoms with Crippen molar-refractivity contribution < 1.29 is 27.1 Å². The molecule has 0 radical (unpaired) electrons. The van der Waals surface area contributed by atoms with Crippen LogP contribution in [0.25, 0.3) is 0 Å². The van der Waals surface area contributed by atoms with Crippen molar-refractivity contribution in [2.24, 2.45) is 0 Å². The second-order valence-electron chi connectivity index (χ2n) is 4.07. The number of ether oxygens (including phenoxy) is 1. The van der Waals surface area contributed by atoms with E-state index in [1.807, 2.05) is 0 Å². The summed E-state index contributed by atoms with van der Waals surface area (Å²) in [7, 11) is 1.51. The minimum Gasteiger partial charge on any atom is -0.385 e. The van der Waals surface area contributed by atoms with Crippen molar-refractivity contribution in [3.8, 4) is 0 Å². The third-order valence-corrected chi connectivity index (χ3v) is 2.60. The molecule has 0 aromatic heterocycles. The number of halogens is 4. The van der Waals surface area contributed by atoms with E-state index in [9.17, 15) is 22.4 Å². The van der Waals surface area contributed by atoms with Gasteiger partial charge in [0.05, 0.1) is 11.1 Å². The average molecular weight is 278 g/mol. The largest absolute Gasteiger partial charge is 0.416 e. The van der Waals surface area contributed by atoms with Crippen LogP contribution in [-0.4, -0.2) is 19.5 Å². The molecule has 0 atom stereocenters. The van der Waals surface area contributed by atoms with E-state index in [2.05, 4.69) is 0 Å². The van der Waals surface area contributed by atoms with Gasteiger partial charge >= 0.3 is 6.18 Å². The van der Waals surface area contributed by atoms with Gasteiger partial charge in [0.1, 0.15) is 5.82 Å². The van der Waals surface area contributed by atoms with Gasteiger partial charge in [-0.2, -0.15) is 13.2 Å². The summed E-state index contributed by atoms with van der Waals surface area (Å²) in [4.78, 5) is 11.7. The molecular formula is C13H14F4O2. The Kier molecular flexibility index (Phi) is 5.47. The first-order valence-corrected chi connectivity index (χ1v) is 5.75. The molecule has 0 amide bonds. The maximum Gasteiger partial charge on any atom is 0.416 e. The molecule has 0 fully saturated rings. The second-order valence-corrected chi connectivity index (χ2v) is 4.07. The molecule has 0 aliphatic rings. The molecule has 106 valence electrons. The van der Waals surface area contributed by atoms with Gasteiger partial charge in [0.2, 0.25) is 0 Å². The van der Waals surface area contributed by atoms with Crippen LogP contribution in [0.2, 0.25) is 0 Å². The fourth-order valence-electron chi connectivity index (χ4n) is 1.58. The number of hydrogen-bond acceptors (Lipinski definition) is 2. The van der Waals surface area contributed by atoms with E-state index in [1.54, 1.807) is 0 Å². The fraction of sp³-hybridized carbons (Fsp3) is 0.462. The highest BCUT2D eigenvalue weighted by atomic mass is 19.4. The van der Waals surface area contributed by atoms with E-state index >= 15 is 0 Å². The topological polar surface area (TPSA) is 26.3 Å². The predicted octanol–water partition coefficient (Wildman–Crippen LogP) is 3.84. The summed E-state index contributed by atoms with van der Waals surface area (Å²) in [5.41, 5.74) is -1.53. The Hall–Kier alpha value is -1.43. The van der Waals surface area contributed by atoms with Crippen LogP contribution in [0.3, 0.4) is 0 Å². The normalized spacial score (nSPS) is 11.6. The first-order chi connectivity index (χ1) is 8.86. The molecule has 0 bridgehead atoms.